The van der Waals surface area contributed by atoms with Crippen molar-refractivity contribution < 1.29 is 34.1 Å². The predicted octanol–water partition coefficient (Wildman–Crippen LogP) is 4.57. The molecule has 0 bridgehead atoms. The molecule has 0 saturated carbocycles. The van der Waals surface area contributed by atoms with Gasteiger partial charge in [-0.2, -0.15) is 5.10 Å². The number of carbonyl (C=O) groups is 3. The van der Waals surface area contributed by atoms with Crippen molar-refractivity contribution in [2.75, 3.05) is 6.54 Å². The molecular formula is C29H25ClFN3O6. The first kappa shape index (κ1) is 28.5. The lowest BCUT2D eigenvalue weighted by Crippen LogP contribution is -2.35. The average molecular weight is 566 g/mol. The minimum absolute atomic E-state index is 0.0506. The fraction of sp³-hybridized carbons (Fsp3) is 0.172. The normalized spacial score (nSPS) is 11.7. The number of carboxylic acid groups (broad SMARTS) is 2. The van der Waals surface area contributed by atoms with Crippen LogP contribution in [0.1, 0.15) is 38.5 Å². The molecule has 0 aliphatic heterocycles. The number of nitrogens with zero attached hydrogens (tertiary/aromatic N) is 3. The van der Waals surface area contributed by atoms with Crippen LogP contribution in [-0.4, -0.2) is 60.5 Å². The van der Waals surface area contributed by atoms with Gasteiger partial charge < -0.3 is 20.2 Å². The molecule has 206 valence electrons. The van der Waals surface area contributed by atoms with Crippen LogP contribution in [-0.2, 0) is 17.9 Å². The van der Waals surface area contributed by atoms with Gasteiger partial charge in [0.1, 0.15) is 11.5 Å². The molecule has 1 heterocycles. The predicted molar refractivity (Wildman–Crippen MR) is 145 cm³/mol. The topological polar surface area (TPSA) is 133 Å². The summed E-state index contributed by atoms with van der Waals surface area (Å²) in [5, 5.41) is 32.9. The minimum Gasteiger partial charge on any atom is -0.479 e. The van der Waals surface area contributed by atoms with Gasteiger partial charge in [0, 0.05) is 30.6 Å². The standard InChI is InChI=1S/C29H25ClFN3O6/c30-22-12-19(13-23(31)14-22)17-34-25(28(37)38)15-24(32-34)27(36)33(11-10-26(35)29(39)40)16-18-6-8-21(9-7-18)20-4-2-1-3-5-20/h1-9,12-15,26,35H,10-11,16-17H2,(H,37,38)(H,39,40). The first-order valence-electron chi connectivity index (χ1n) is 12.2. The number of rotatable bonds is 11. The number of aliphatic hydroxyl groups is 1. The lowest BCUT2D eigenvalue weighted by atomic mass is 10.0. The van der Waals surface area contributed by atoms with Gasteiger partial charge >= 0.3 is 11.9 Å². The number of hydrogen-bond acceptors (Lipinski definition) is 5. The maximum absolute atomic E-state index is 13.8. The molecule has 1 unspecified atom stereocenters. The molecule has 1 aromatic heterocycles. The Labute approximate surface area is 233 Å². The number of aromatic nitrogens is 2. The van der Waals surface area contributed by atoms with E-state index in [0.29, 0.717) is 5.56 Å². The second kappa shape index (κ2) is 12.5. The van der Waals surface area contributed by atoms with E-state index in [1.54, 1.807) is 0 Å². The fourth-order valence-electron chi connectivity index (χ4n) is 4.16. The second-order valence-electron chi connectivity index (χ2n) is 9.09. The van der Waals surface area contributed by atoms with Crippen LogP contribution in [0.3, 0.4) is 0 Å². The van der Waals surface area contributed by atoms with Crippen molar-refractivity contribution in [3.8, 4) is 11.1 Å². The Balaban J connectivity index is 1.60. The van der Waals surface area contributed by atoms with Crippen LogP contribution in [0.2, 0.25) is 5.02 Å². The smallest absolute Gasteiger partial charge is 0.354 e. The number of carbonyl (C=O) groups excluding carboxylic acids is 1. The third-order valence-corrected chi connectivity index (χ3v) is 6.37. The average Bonchev–Trinajstić information content (AvgIpc) is 3.34. The summed E-state index contributed by atoms with van der Waals surface area (Å²) in [6.07, 6.45) is -1.95. The van der Waals surface area contributed by atoms with Gasteiger partial charge in [0.2, 0.25) is 0 Å². The van der Waals surface area contributed by atoms with Crippen LogP contribution in [0.15, 0.2) is 78.9 Å². The SMILES string of the molecule is O=C(O)c1cc(C(=O)N(CCC(O)C(=O)O)Cc2ccc(-c3ccccc3)cc2)nn1Cc1cc(F)cc(Cl)c1. The second-order valence-corrected chi connectivity index (χ2v) is 9.52. The number of aliphatic hydroxyl groups excluding tert-OH is 1. The van der Waals surface area contributed by atoms with E-state index in [2.05, 4.69) is 5.10 Å². The maximum atomic E-state index is 13.8. The molecule has 1 amide bonds. The molecule has 4 aromatic rings. The summed E-state index contributed by atoms with van der Waals surface area (Å²) in [5.74, 6) is -4.04. The zero-order valence-corrected chi connectivity index (χ0v) is 21.8. The molecule has 0 saturated heterocycles. The number of hydrogen-bond donors (Lipinski definition) is 3. The Morgan fingerprint density at radius 2 is 1.60 bits per heavy atom. The Kier molecular flexibility index (Phi) is 8.93. The molecule has 0 spiro atoms. The summed E-state index contributed by atoms with van der Waals surface area (Å²) in [6, 6.07) is 22.0. The molecule has 0 radical (unpaired) electrons. The lowest BCUT2D eigenvalue weighted by Gasteiger charge is -2.23. The molecule has 0 aliphatic carbocycles. The zero-order chi connectivity index (χ0) is 28.8. The molecule has 4 rings (SSSR count). The fourth-order valence-corrected chi connectivity index (χ4v) is 4.40. The summed E-state index contributed by atoms with van der Waals surface area (Å²) in [5.41, 5.74) is 2.54. The van der Waals surface area contributed by atoms with Crippen molar-refractivity contribution >= 4 is 29.4 Å². The highest BCUT2D eigenvalue weighted by molar-refractivity contribution is 6.30. The van der Waals surface area contributed by atoms with Gasteiger partial charge in [-0.1, -0.05) is 66.2 Å². The molecule has 40 heavy (non-hydrogen) atoms. The van der Waals surface area contributed by atoms with E-state index in [1.165, 1.54) is 17.0 Å². The Hall–Kier alpha value is -4.54. The van der Waals surface area contributed by atoms with Crippen molar-refractivity contribution in [1.82, 2.24) is 14.7 Å². The summed E-state index contributed by atoms with van der Waals surface area (Å²) in [6.45, 7) is -0.248. The summed E-state index contributed by atoms with van der Waals surface area (Å²) < 4.78 is 14.9. The number of carboxylic acids is 2. The Morgan fingerprint density at radius 3 is 2.23 bits per heavy atom. The quantitative estimate of drug-likeness (QED) is 0.243. The van der Waals surface area contributed by atoms with Gasteiger partial charge in [0.15, 0.2) is 11.8 Å². The zero-order valence-electron chi connectivity index (χ0n) is 21.1. The van der Waals surface area contributed by atoms with Crippen LogP contribution >= 0.6 is 11.6 Å². The van der Waals surface area contributed by atoms with Gasteiger partial charge in [-0.15, -0.1) is 0 Å². The monoisotopic (exact) mass is 565 g/mol. The van der Waals surface area contributed by atoms with Crippen molar-refractivity contribution in [2.45, 2.75) is 25.6 Å². The first-order chi connectivity index (χ1) is 19.1. The van der Waals surface area contributed by atoms with Crippen molar-refractivity contribution in [1.29, 1.82) is 0 Å². The lowest BCUT2D eigenvalue weighted by molar-refractivity contribution is -0.147. The third kappa shape index (κ3) is 7.10. The van der Waals surface area contributed by atoms with Gasteiger partial charge in [0.25, 0.3) is 5.91 Å². The van der Waals surface area contributed by atoms with E-state index in [1.807, 2.05) is 54.6 Å². The molecule has 1 atom stereocenters. The Bertz CT molecular complexity index is 1500. The number of halogens is 2. The molecule has 3 N–H and O–H groups in total. The van der Waals surface area contributed by atoms with E-state index in [0.717, 1.165) is 33.5 Å². The summed E-state index contributed by atoms with van der Waals surface area (Å²) in [4.78, 5) is 37.9. The van der Waals surface area contributed by atoms with E-state index in [9.17, 15) is 29.0 Å². The Morgan fingerprint density at radius 1 is 0.925 bits per heavy atom. The van der Waals surface area contributed by atoms with Crippen molar-refractivity contribution in [2.24, 2.45) is 0 Å². The maximum Gasteiger partial charge on any atom is 0.354 e. The molecule has 3 aromatic carbocycles. The highest BCUT2D eigenvalue weighted by Crippen LogP contribution is 2.21. The van der Waals surface area contributed by atoms with Crippen molar-refractivity contribution in [3.63, 3.8) is 0 Å². The highest BCUT2D eigenvalue weighted by atomic mass is 35.5. The largest absolute Gasteiger partial charge is 0.479 e. The molecule has 0 fully saturated rings. The van der Waals surface area contributed by atoms with E-state index in [-0.39, 0.29) is 42.5 Å². The van der Waals surface area contributed by atoms with E-state index >= 15 is 0 Å². The van der Waals surface area contributed by atoms with Crippen LogP contribution < -0.4 is 0 Å². The molecule has 0 aliphatic rings. The minimum atomic E-state index is -1.69. The van der Waals surface area contributed by atoms with Gasteiger partial charge in [-0.05, 0) is 40.5 Å². The van der Waals surface area contributed by atoms with Gasteiger partial charge in [-0.25, -0.2) is 14.0 Å². The highest BCUT2D eigenvalue weighted by Gasteiger charge is 2.25. The molecule has 9 nitrogen and oxygen atoms in total. The third-order valence-electron chi connectivity index (χ3n) is 6.15. The van der Waals surface area contributed by atoms with Gasteiger partial charge in [0.05, 0.1) is 6.54 Å². The number of aliphatic carboxylic acids is 1. The van der Waals surface area contributed by atoms with E-state index in [4.69, 9.17) is 16.7 Å². The number of aromatic carboxylic acids is 1. The number of benzene rings is 3. The summed E-state index contributed by atoms with van der Waals surface area (Å²) >= 11 is 5.91. The van der Waals surface area contributed by atoms with Crippen molar-refractivity contribution in [3.05, 3.63) is 112 Å². The van der Waals surface area contributed by atoms with Crippen LogP contribution in [0, 0.1) is 5.82 Å². The van der Waals surface area contributed by atoms with E-state index < -0.39 is 29.8 Å². The van der Waals surface area contributed by atoms with Crippen LogP contribution in [0.25, 0.3) is 11.1 Å². The van der Waals surface area contributed by atoms with Gasteiger partial charge in [-0.3, -0.25) is 9.48 Å². The molecule has 11 heteroatoms. The van der Waals surface area contributed by atoms with Crippen LogP contribution in [0.4, 0.5) is 4.39 Å². The van der Waals surface area contributed by atoms with Crippen LogP contribution in [0.5, 0.6) is 0 Å². The first-order valence-corrected chi connectivity index (χ1v) is 12.6. The molecular weight excluding hydrogens is 541 g/mol. The number of amides is 1. The summed E-state index contributed by atoms with van der Waals surface area (Å²) in [7, 11) is 0.